The number of hydrazine groups is 1. The van der Waals surface area contributed by atoms with Gasteiger partial charge in [-0.1, -0.05) is 0 Å². The molecule has 82 valence electrons. The highest BCUT2D eigenvalue weighted by Gasteiger charge is 2.22. The lowest BCUT2D eigenvalue weighted by Crippen LogP contribution is -2.43. The predicted octanol–water partition coefficient (Wildman–Crippen LogP) is -0.713. The van der Waals surface area contributed by atoms with Crippen molar-refractivity contribution in [1.82, 2.24) is 5.01 Å². The quantitative estimate of drug-likeness (QED) is 0.362. The minimum atomic E-state index is -0.612. The molecule has 0 radical (unpaired) electrons. The van der Waals surface area contributed by atoms with Crippen LogP contribution in [0.25, 0.3) is 0 Å². The van der Waals surface area contributed by atoms with Crippen LogP contribution in [-0.4, -0.2) is 44.3 Å². The van der Waals surface area contributed by atoms with E-state index in [1.165, 1.54) is 19.2 Å². The Kier molecular flexibility index (Phi) is 5.82. The zero-order chi connectivity index (χ0) is 11.1. The molecule has 0 aliphatic heterocycles. The number of hydrogen-bond donors (Lipinski definition) is 1. The van der Waals surface area contributed by atoms with Crippen LogP contribution >= 0.6 is 0 Å². The number of hydrogen-bond acceptors (Lipinski definition) is 6. The van der Waals surface area contributed by atoms with Gasteiger partial charge in [0.2, 0.25) is 0 Å². The summed E-state index contributed by atoms with van der Waals surface area (Å²) in [7, 11) is 4.11. The number of rotatable bonds is 5. The highest BCUT2D eigenvalue weighted by Crippen LogP contribution is 2.04. The molecule has 14 heavy (non-hydrogen) atoms. The van der Waals surface area contributed by atoms with E-state index in [4.69, 9.17) is 5.84 Å². The van der Waals surface area contributed by atoms with Gasteiger partial charge in [0.1, 0.15) is 6.04 Å². The van der Waals surface area contributed by atoms with Crippen LogP contribution in [0.2, 0.25) is 0 Å². The summed E-state index contributed by atoms with van der Waals surface area (Å²) in [4.78, 5) is 22.0. The molecule has 0 aliphatic carbocycles. The van der Waals surface area contributed by atoms with E-state index in [1.54, 1.807) is 7.05 Å². The molecule has 0 heterocycles. The van der Waals surface area contributed by atoms with Gasteiger partial charge in [0.15, 0.2) is 0 Å². The maximum absolute atomic E-state index is 11.2. The summed E-state index contributed by atoms with van der Waals surface area (Å²) < 4.78 is 8.97. The van der Waals surface area contributed by atoms with Crippen molar-refractivity contribution >= 4 is 11.9 Å². The summed E-state index contributed by atoms with van der Waals surface area (Å²) in [5.41, 5.74) is 0. The van der Waals surface area contributed by atoms with Gasteiger partial charge >= 0.3 is 11.9 Å². The molecule has 0 rings (SSSR count). The Morgan fingerprint density at radius 2 is 1.93 bits per heavy atom. The summed E-state index contributed by atoms with van der Waals surface area (Å²) in [6.45, 7) is 0. The van der Waals surface area contributed by atoms with Gasteiger partial charge in [-0.05, 0) is 6.42 Å². The van der Waals surface area contributed by atoms with E-state index in [9.17, 15) is 9.59 Å². The molecule has 0 aromatic rings. The van der Waals surface area contributed by atoms with Gasteiger partial charge in [-0.15, -0.1) is 0 Å². The van der Waals surface area contributed by atoms with Gasteiger partial charge in [0.25, 0.3) is 0 Å². The number of carbonyl (C=O) groups excluding carboxylic acids is 2. The van der Waals surface area contributed by atoms with E-state index < -0.39 is 12.0 Å². The van der Waals surface area contributed by atoms with E-state index in [-0.39, 0.29) is 18.8 Å². The Morgan fingerprint density at radius 3 is 2.29 bits per heavy atom. The van der Waals surface area contributed by atoms with Gasteiger partial charge in [-0.25, -0.2) is 5.01 Å². The van der Waals surface area contributed by atoms with Crippen LogP contribution in [-0.2, 0) is 19.1 Å². The molecule has 0 spiro atoms. The van der Waals surface area contributed by atoms with Gasteiger partial charge in [0, 0.05) is 13.5 Å². The normalized spacial score (nSPS) is 12.4. The first-order chi connectivity index (χ1) is 6.52. The maximum atomic E-state index is 11.2. The number of methoxy groups -OCH3 is 2. The molecule has 0 aromatic carbocycles. The number of nitrogens with two attached hydrogens (primary N) is 1. The van der Waals surface area contributed by atoms with Crippen molar-refractivity contribution in [3.63, 3.8) is 0 Å². The molecular formula is C8H16N2O4. The summed E-state index contributed by atoms with van der Waals surface area (Å²) in [5, 5.41) is 1.22. The highest BCUT2D eigenvalue weighted by molar-refractivity contribution is 5.77. The van der Waals surface area contributed by atoms with Crippen molar-refractivity contribution in [3.8, 4) is 0 Å². The molecule has 2 N–H and O–H groups in total. The van der Waals surface area contributed by atoms with Crippen LogP contribution in [0.15, 0.2) is 0 Å². The van der Waals surface area contributed by atoms with Crippen LogP contribution in [0.1, 0.15) is 12.8 Å². The zero-order valence-electron chi connectivity index (χ0n) is 8.65. The average molecular weight is 204 g/mol. The first-order valence-electron chi connectivity index (χ1n) is 4.15. The van der Waals surface area contributed by atoms with Crippen LogP contribution in [0.5, 0.6) is 0 Å². The van der Waals surface area contributed by atoms with Gasteiger partial charge in [-0.2, -0.15) is 0 Å². The molecule has 1 unspecified atom stereocenters. The smallest absolute Gasteiger partial charge is 0.324 e. The zero-order valence-corrected chi connectivity index (χ0v) is 8.65. The minimum Gasteiger partial charge on any atom is -0.469 e. The van der Waals surface area contributed by atoms with E-state index in [2.05, 4.69) is 9.47 Å². The van der Waals surface area contributed by atoms with Crippen molar-refractivity contribution in [2.24, 2.45) is 5.84 Å². The third-order valence-electron chi connectivity index (χ3n) is 1.81. The van der Waals surface area contributed by atoms with Gasteiger partial charge < -0.3 is 9.47 Å². The molecule has 6 heteroatoms. The maximum Gasteiger partial charge on any atom is 0.324 e. The van der Waals surface area contributed by atoms with E-state index >= 15 is 0 Å². The molecule has 0 saturated carbocycles. The molecule has 0 bridgehead atoms. The summed E-state index contributed by atoms with van der Waals surface area (Å²) >= 11 is 0. The van der Waals surface area contributed by atoms with Crippen LogP contribution in [0.4, 0.5) is 0 Å². The minimum absolute atomic E-state index is 0.137. The molecule has 0 fully saturated rings. The van der Waals surface area contributed by atoms with Gasteiger partial charge in [-0.3, -0.25) is 15.4 Å². The van der Waals surface area contributed by atoms with Crippen LogP contribution in [0.3, 0.4) is 0 Å². The van der Waals surface area contributed by atoms with Crippen LogP contribution in [0, 0.1) is 0 Å². The van der Waals surface area contributed by atoms with E-state index in [0.717, 1.165) is 0 Å². The van der Waals surface area contributed by atoms with Crippen molar-refractivity contribution in [1.29, 1.82) is 0 Å². The fraction of sp³-hybridized carbons (Fsp3) is 0.750. The third kappa shape index (κ3) is 4.20. The van der Waals surface area contributed by atoms with E-state index in [0.29, 0.717) is 0 Å². The number of likely N-dealkylation sites (N-methyl/N-ethyl adjacent to an activating group) is 1. The molecule has 0 amide bonds. The second-order valence-electron chi connectivity index (χ2n) is 2.82. The van der Waals surface area contributed by atoms with Crippen molar-refractivity contribution in [2.45, 2.75) is 18.9 Å². The Morgan fingerprint density at radius 1 is 1.36 bits per heavy atom. The van der Waals surface area contributed by atoms with E-state index in [1.807, 2.05) is 0 Å². The number of ether oxygens (including phenoxy) is 2. The second-order valence-corrected chi connectivity index (χ2v) is 2.82. The SMILES string of the molecule is COC(=O)CCC(C(=O)OC)N(C)N. The summed E-state index contributed by atoms with van der Waals surface area (Å²) in [6, 6.07) is -0.612. The Balaban J connectivity index is 4.11. The predicted molar refractivity (Wildman–Crippen MR) is 49.0 cm³/mol. The first-order valence-corrected chi connectivity index (χ1v) is 4.15. The fourth-order valence-electron chi connectivity index (χ4n) is 0.980. The van der Waals surface area contributed by atoms with Gasteiger partial charge in [0.05, 0.1) is 14.2 Å². The lowest BCUT2D eigenvalue weighted by atomic mass is 10.1. The third-order valence-corrected chi connectivity index (χ3v) is 1.81. The molecule has 0 aromatic heterocycles. The first kappa shape index (κ1) is 12.9. The summed E-state index contributed by atoms with van der Waals surface area (Å²) in [6.07, 6.45) is 0.421. The topological polar surface area (TPSA) is 81.9 Å². The second kappa shape index (κ2) is 6.33. The Labute approximate surface area is 82.9 Å². The fourth-order valence-corrected chi connectivity index (χ4v) is 0.980. The molecule has 1 atom stereocenters. The standard InChI is InChI=1S/C8H16N2O4/c1-10(9)6(8(12)14-3)4-5-7(11)13-2/h6H,4-5,9H2,1-3H3. The lowest BCUT2D eigenvalue weighted by molar-refractivity contribution is -0.147. The molecule has 0 aliphatic rings. The Hall–Kier alpha value is -1.14. The van der Waals surface area contributed by atoms with Crippen molar-refractivity contribution in [2.75, 3.05) is 21.3 Å². The Bertz CT molecular complexity index is 206. The van der Waals surface area contributed by atoms with Crippen molar-refractivity contribution < 1.29 is 19.1 Å². The highest BCUT2D eigenvalue weighted by atomic mass is 16.5. The van der Waals surface area contributed by atoms with Crippen molar-refractivity contribution in [3.05, 3.63) is 0 Å². The monoisotopic (exact) mass is 204 g/mol. The number of carbonyl (C=O) groups is 2. The number of nitrogens with zero attached hydrogens (tertiary/aromatic N) is 1. The number of esters is 2. The lowest BCUT2D eigenvalue weighted by Gasteiger charge is -2.20. The van der Waals surface area contributed by atoms with Crippen LogP contribution < -0.4 is 5.84 Å². The summed E-state index contributed by atoms with van der Waals surface area (Å²) in [5.74, 6) is 4.59. The largest absolute Gasteiger partial charge is 0.469 e. The molecular weight excluding hydrogens is 188 g/mol. The molecule has 0 saturated heterocycles. The average Bonchev–Trinajstić information content (AvgIpc) is 2.16. The molecule has 6 nitrogen and oxygen atoms in total.